The number of amides is 1. The molecule has 0 saturated carbocycles. The van der Waals surface area contributed by atoms with Crippen LogP contribution >= 0.6 is 11.3 Å². The Kier molecular flexibility index (Phi) is 2.52. The molecule has 0 unspecified atom stereocenters. The number of benzene rings is 1. The predicted octanol–water partition coefficient (Wildman–Crippen LogP) is 2.07. The van der Waals surface area contributed by atoms with Crippen LogP contribution in [0.2, 0.25) is 0 Å². The molecule has 1 amide bonds. The number of carbonyl (C=O) groups is 1. The van der Waals surface area contributed by atoms with Crippen LogP contribution in [-0.4, -0.2) is 17.4 Å². The molecule has 2 aromatic rings. The zero-order valence-electron chi connectivity index (χ0n) is 9.39. The van der Waals surface area contributed by atoms with Gasteiger partial charge in [-0.2, -0.15) is 0 Å². The van der Waals surface area contributed by atoms with Gasteiger partial charge in [-0.15, -0.1) is 0 Å². The molecule has 0 radical (unpaired) electrons. The number of nitrogens with zero attached hydrogens (tertiary/aromatic N) is 2. The molecule has 0 saturated heterocycles. The van der Waals surface area contributed by atoms with Crippen LogP contribution in [0.1, 0.15) is 15.4 Å². The number of nitrogens with two attached hydrogens (primary N) is 1. The first-order valence-corrected chi connectivity index (χ1v) is 6.29. The smallest absolute Gasteiger partial charge is 0.270 e. The molecule has 0 atom stereocenters. The number of aromatic nitrogens is 1. The van der Waals surface area contributed by atoms with Crippen molar-refractivity contribution in [1.29, 1.82) is 0 Å². The van der Waals surface area contributed by atoms with E-state index in [4.69, 9.17) is 5.73 Å². The summed E-state index contributed by atoms with van der Waals surface area (Å²) in [6.45, 7) is 0.542. The third-order valence-corrected chi connectivity index (χ3v) is 3.78. The molecule has 92 valence electrons. The summed E-state index contributed by atoms with van der Waals surface area (Å²) in [5.41, 5.74) is 7.07. The quantitative estimate of drug-likeness (QED) is 0.856. The Balaban J connectivity index is 1.97. The number of carbonyl (C=O) groups excluding carboxylic acids is 1. The number of hydrogen-bond donors (Lipinski definition) is 1. The van der Waals surface area contributed by atoms with E-state index in [9.17, 15) is 9.18 Å². The zero-order chi connectivity index (χ0) is 12.7. The molecule has 1 aliphatic rings. The molecule has 2 N–H and O–H groups in total. The summed E-state index contributed by atoms with van der Waals surface area (Å²) in [6.07, 6.45) is 0.673. The molecule has 4 nitrogen and oxygen atoms in total. The van der Waals surface area contributed by atoms with E-state index in [2.05, 4.69) is 4.98 Å². The monoisotopic (exact) mass is 263 g/mol. The van der Waals surface area contributed by atoms with Gasteiger partial charge in [-0.25, -0.2) is 9.37 Å². The predicted molar refractivity (Wildman–Crippen MR) is 68.3 cm³/mol. The fourth-order valence-corrected chi connectivity index (χ4v) is 2.84. The minimum absolute atomic E-state index is 0.114. The summed E-state index contributed by atoms with van der Waals surface area (Å²) in [5, 5.41) is 0.411. The Morgan fingerprint density at radius 2 is 2.06 bits per heavy atom. The van der Waals surface area contributed by atoms with E-state index in [0.717, 1.165) is 5.69 Å². The molecule has 0 spiro atoms. The van der Waals surface area contributed by atoms with E-state index in [1.54, 1.807) is 17.0 Å². The number of hydrogen-bond acceptors (Lipinski definition) is 4. The minimum Gasteiger partial charge on any atom is -0.375 e. The van der Waals surface area contributed by atoms with Crippen molar-refractivity contribution >= 4 is 28.1 Å². The molecule has 1 aliphatic heterocycles. The Bertz CT molecular complexity index is 608. The van der Waals surface area contributed by atoms with Crippen molar-refractivity contribution in [2.24, 2.45) is 0 Å². The number of nitrogen functional groups attached to an aromatic ring is 1. The zero-order valence-corrected chi connectivity index (χ0v) is 10.2. The molecule has 6 heteroatoms. The van der Waals surface area contributed by atoms with Gasteiger partial charge in [-0.05, 0) is 24.3 Å². The molecule has 3 rings (SSSR count). The van der Waals surface area contributed by atoms with Gasteiger partial charge in [0.15, 0.2) is 5.13 Å². The summed E-state index contributed by atoms with van der Waals surface area (Å²) >= 11 is 1.20. The Morgan fingerprint density at radius 1 is 1.33 bits per heavy atom. The first kappa shape index (κ1) is 11.2. The summed E-state index contributed by atoms with van der Waals surface area (Å²) in [7, 11) is 0. The fourth-order valence-electron chi connectivity index (χ4n) is 2.02. The maximum absolute atomic E-state index is 12.9. The lowest BCUT2D eigenvalue weighted by molar-refractivity contribution is 0.0984. The first-order valence-electron chi connectivity index (χ1n) is 5.48. The number of thiazole rings is 1. The van der Waals surface area contributed by atoms with Crippen LogP contribution in [0.3, 0.4) is 0 Å². The van der Waals surface area contributed by atoms with Gasteiger partial charge in [-0.3, -0.25) is 4.79 Å². The highest BCUT2D eigenvalue weighted by molar-refractivity contribution is 7.17. The second kappa shape index (κ2) is 4.06. The van der Waals surface area contributed by atoms with E-state index < -0.39 is 0 Å². The van der Waals surface area contributed by atoms with Crippen LogP contribution in [-0.2, 0) is 6.42 Å². The summed E-state index contributed by atoms with van der Waals surface area (Å²) in [5.74, 6) is -0.428. The maximum Gasteiger partial charge on any atom is 0.270 e. The average molecular weight is 263 g/mol. The largest absolute Gasteiger partial charge is 0.375 e. The molecule has 0 aliphatic carbocycles. The van der Waals surface area contributed by atoms with Crippen LogP contribution in [0.15, 0.2) is 24.3 Å². The van der Waals surface area contributed by atoms with Crippen LogP contribution in [0, 0.1) is 5.82 Å². The number of rotatable bonds is 1. The van der Waals surface area contributed by atoms with Crippen molar-refractivity contribution in [3.63, 3.8) is 0 Å². The highest BCUT2D eigenvalue weighted by atomic mass is 32.1. The fraction of sp³-hybridized carbons (Fsp3) is 0.167. The SMILES string of the molecule is Nc1nc2c(s1)C(=O)N(c1ccc(F)cc1)CC2. The number of halogens is 1. The van der Waals surface area contributed by atoms with Gasteiger partial charge < -0.3 is 10.6 Å². The maximum atomic E-state index is 12.9. The molecular weight excluding hydrogens is 253 g/mol. The van der Waals surface area contributed by atoms with E-state index in [1.165, 1.54) is 23.5 Å². The standard InChI is InChI=1S/C12H10FN3OS/c13-7-1-3-8(4-2-7)16-6-5-9-10(11(16)17)18-12(14)15-9/h1-4H,5-6H2,(H2,14,15). The van der Waals surface area contributed by atoms with Gasteiger partial charge >= 0.3 is 0 Å². The van der Waals surface area contributed by atoms with Crippen molar-refractivity contribution in [2.75, 3.05) is 17.2 Å². The second-order valence-electron chi connectivity index (χ2n) is 4.01. The van der Waals surface area contributed by atoms with Gasteiger partial charge in [0.1, 0.15) is 10.7 Å². The highest BCUT2D eigenvalue weighted by Crippen LogP contribution is 2.29. The number of fused-ring (bicyclic) bond motifs is 1. The van der Waals surface area contributed by atoms with Crippen molar-refractivity contribution in [3.05, 3.63) is 40.7 Å². The lowest BCUT2D eigenvalue weighted by Crippen LogP contribution is -2.36. The number of anilines is 2. The third-order valence-electron chi connectivity index (χ3n) is 2.86. The summed E-state index contributed by atoms with van der Waals surface area (Å²) in [6, 6.07) is 5.89. The average Bonchev–Trinajstić information content (AvgIpc) is 2.73. The van der Waals surface area contributed by atoms with E-state index in [-0.39, 0.29) is 11.7 Å². The van der Waals surface area contributed by atoms with E-state index >= 15 is 0 Å². The molecule has 1 aromatic heterocycles. The van der Waals surface area contributed by atoms with Gasteiger partial charge in [0.2, 0.25) is 0 Å². The molecule has 18 heavy (non-hydrogen) atoms. The lowest BCUT2D eigenvalue weighted by atomic mass is 10.1. The molecule has 0 bridgehead atoms. The van der Waals surface area contributed by atoms with Crippen molar-refractivity contribution in [1.82, 2.24) is 4.98 Å². The van der Waals surface area contributed by atoms with Gasteiger partial charge in [0.05, 0.1) is 5.69 Å². The van der Waals surface area contributed by atoms with Crippen LogP contribution in [0.5, 0.6) is 0 Å². The Labute approximate surface area is 107 Å². The van der Waals surface area contributed by atoms with Gasteiger partial charge in [0.25, 0.3) is 5.91 Å². The van der Waals surface area contributed by atoms with Crippen molar-refractivity contribution < 1.29 is 9.18 Å². The van der Waals surface area contributed by atoms with Crippen molar-refractivity contribution in [3.8, 4) is 0 Å². The van der Waals surface area contributed by atoms with Gasteiger partial charge in [-0.1, -0.05) is 11.3 Å². The topological polar surface area (TPSA) is 59.2 Å². The normalized spacial score (nSPS) is 14.7. The summed E-state index contributed by atoms with van der Waals surface area (Å²) in [4.78, 5) is 18.6. The van der Waals surface area contributed by atoms with E-state index in [0.29, 0.717) is 28.7 Å². The van der Waals surface area contributed by atoms with Crippen molar-refractivity contribution in [2.45, 2.75) is 6.42 Å². The minimum atomic E-state index is -0.314. The molecule has 1 aromatic carbocycles. The first-order chi connectivity index (χ1) is 8.65. The lowest BCUT2D eigenvalue weighted by Gasteiger charge is -2.25. The van der Waals surface area contributed by atoms with Gasteiger partial charge in [0, 0.05) is 18.7 Å². The molecule has 2 heterocycles. The Hall–Kier alpha value is -1.95. The third kappa shape index (κ3) is 1.74. The van der Waals surface area contributed by atoms with Crippen LogP contribution < -0.4 is 10.6 Å². The molecular formula is C12H10FN3OS. The second-order valence-corrected chi connectivity index (χ2v) is 5.04. The van der Waals surface area contributed by atoms with E-state index in [1.807, 2.05) is 0 Å². The highest BCUT2D eigenvalue weighted by Gasteiger charge is 2.28. The van der Waals surface area contributed by atoms with Crippen LogP contribution in [0.4, 0.5) is 15.2 Å². The summed E-state index contributed by atoms with van der Waals surface area (Å²) < 4.78 is 12.9. The molecule has 0 fully saturated rings. The Morgan fingerprint density at radius 3 is 2.78 bits per heavy atom. The van der Waals surface area contributed by atoms with Crippen LogP contribution in [0.25, 0.3) is 0 Å².